The van der Waals surface area contributed by atoms with Crippen LogP contribution in [0.5, 0.6) is 0 Å². The number of unbranched alkanes of at least 4 members (excludes halogenated alkanes) is 7. The second-order valence-corrected chi connectivity index (χ2v) is 31.5. The minimum Gasteiger partial charge on any atom is -0.453 e. The van der Waals surface area contributed by atoms with E-state index in [-0.39, 0.29) is 19.0 Å². The molecule has 13 heteroatoms. The highest BCUT2D eigenvalue weighted by molar-refractivity contribution is 6.99. The summed E-state index contributed by atoms with van der Waals surface area (Å²) in [5.74, 6) is -2.51. The van der Waals surface area contributed by atoms with Crippen LogP contribution >= 0.6 is 0 Å². The second kappa shape index (κ2) is 27.0. The van der Waals surface area contributed by atoms with Gasteiger partial charge in [0.2, 0.25) is 5.54 Å². The molecule has 0 unspecified atom stereocenters. The Hall–Kier alpha value is -4.74. The Bertz CT molecular complexity index is 2240. The van der Waals surface area contributed by atoms with Gasteiger partial charge in [0.1, 0.15) is 12.9 Å². The highest BCUT2D eigenvalue weighted by atomic mass is 28.4. The summed E-state index contributed by atoms with van der Waals surface area (Å²) in [6.07, 6.45) is 11.6. The summed E-state index contributed by atoms with van der Waals surface area (Å²) in [5, 5.41) is 4.52. The maximum atomic E-state index is 15.3. The highest BCUT2D eigenvalue weighted by Gasteiger charge is 2.65. The van der Waals surface area contributed by atoms with Gasteiger partial charge >= 0.3 is 11.9 Å². The van der Waals surface area contributed by atoms with Crippen molar-refractivity contribution >= 4 is 44.6 Å². The van der Waals surface area contributed by atoms with E-state index < -0.39 is 68.9 Å². The molecule has 6 rings (SSSR count). The van der Waals surface area contributed by atoms with Crippen molar-refractivity contribution in [2.75, 3.05) is 33.2 Å². The predicted octanol–water partition coefficient (Wildman–Crippen LogP) is 11.2. The SMILES string of the molecule is CCCCCCC1(CCCCCC/C=C/[C@H](OCOCC[Si](C)(C)C)[C@H]2OC(=O)[C@@](CO[Si](c3ccccc3)(c3ccccc3)C(C)(C)C)(NC(=O)c3ccccc3)[C@H]2OC(=O)c2ccccc2)OCCO1. The predicted molar refractivity (Wildman–Crippen MR) is 290 cm³/mol. The number of carbonyl (C=O) groups is 3. The molecule has 11 nitrogen and oxygen atoms in total. The van der Waals surface area contributed by atoms with Crippen molar-refractivity contribution in [1.29, 1.82) is 0 Å². The molecule has 72 heavy (non-hydrogen) atoms. The van der Waals surface area contributed by atoms with Crippen LogP contribution in [0.3, 0.4) is 0 Å². The molecule has 0 saturated carbocycles. The fourth-order valence-electron chi connectivity index (χ4n) is 9.80. The topological polar surface area (TPSA) is 128 Å². The Morgan fingerprint density at radius 3 is 1.85 bits per heavy atom. The number of carbonyl (C=O) groups excluding carboxylic acids is 3. The molecule has 1 amide bonds. The zero-order valence-corrected chi connectivity index (χ0v) is 46.0. The molecule has 4 atom stereocenters. The third kappa shape index (κ3) is 15.2. The van der Waals surface area contributed by atoms with E-state index in [0.717, 1.165) is 67.8 Å². The second-order valence-electron chi connectivity index (χ2n) is 21.6. The molecule has 2 fully saturated rings. The zero-order valence-electron chi connectivity index (χ0n) is 44.0. The molecule has 4 aromatic carbocycles. The Morgan fingerprint density at radius 1 is 0.750 bits per heavy atom. The van der Waals surface area contributed by atoms with Gasteiger partial charge < -0.3 is 38.2 Å². The number of hydrogen-bond donors (Lipinski definition) is 1. The normalized spacial score (nSPS) is 19.6. The number of amides is 1. The number of benzene rings is 4. The van der Waals surface area contributed by atoms with E-state index in [2.05, 4.69) is 76.9 Å². The molecule has 0 aliphatic carbocycles. The Balaban J connectivity index is 1.34. The lowest BCUT2D eigenvalue weighted by atomic mass is 9.89. The molecule has 2 heterocycles. The number of cyclic esters (lactones) is 1. The number of nitrogens with one attached hydrogen (secondary N) is 1. The molecule has 0 bridgehead atoms. The molecule has 0 radical (unpaired) electrons. The lowest BCUT2D eigenvalue weighted by molar-refractivity contribution is -0.168. The molecule has 390 valence electrons. The lowest BCUT2D eigenvalue weighted by Crippen LogP contribution is -2.71. The van der Waals surface area contributed by atoms with Crippen molar-refractivity contribution in [3.63, 3.8) is 0 Å². The lowest BCUT2D eigenvalue weighted by Gasteiger charge is -2.45. The Kier molecular flexibility index (Phi) is 21.2. The summed E-state index contributed by atoms with van der Waals surface area (Å²) >= 11 is 0. The maximum absolute atomic E-state index is 15.3. The van der Waals surface area contributed by atoms with Crippen molar-refractivity contribution in [2.45, 2.75) is 159 Å². The van der Waals surface area contributed by atoms with Crippen molar-refractivity contribution in [2.24, 2.45) is 0 Å². The van der Waals surface area contributed by atoms with Gasteiger partial charge in [-0.05, 0) is 71.4 Å². The molecular formula is C59H81NO10Si2. The fourth-order valence-corrected chi connectivity index (χ4v) is 15.2. The van der Waals surface area contributed by atoms with Crippen LogP contribution in [-0.2, 0) is 37.6 Å². The molecular weight excluding hydrogens is 939 g/mol. The molecule has 2 aliphatic rings. The van der Waals surface area contributed by atoms with Crippen molar-refractivity contribution in [1.82, 2.24) is 5.32 Å². The number of allylic oxidation sites excluding steroid dienone is 1. The van der Waals surface area contributed by atoms with Crippen LogP contribution in [0.15, 0.2) is 133 Å². The standard InChI is InChI=1S/C59H81NO10Si2/c1-8-9-10-28-39-58(66-41-42-67-58)40-29-14-12-11-13-27-38-51(65-46-64-43-44-71(5,6)7)52-53(70-55(62)48-32-21-16-22-33-48)59(56(63)69-52,60-54(61)47-30-19-15-20-31-47)45-68-72(57(2,3)4,49-34-23-17-24-35-49)50-36-25-18-26-37-50/h15-27,30-38,51-53H,8-14,28-29,39-46H2,1-7H3,(H,60,61)/b38-27+/t51-,52+,53-,59-/m0/s1. The van der Waals surface area contributed by atoms with Crippen LogP contribution in [-0.4, -0.2) is 97.1 Å². The zero-order chi connectivity index (χ0) is 51.5. The fraction of sp³-hybridized carbons (Fsp3) is 0.508. The first-order valence-electron chi connectivity index (χ1n) is 26.4. The van der Waals surface area contributed by atoms with Gasteiger partial charge in [-0.1, -0.05) is 189 Å². The number of esters is 2. The molecule has 2 saturated heterocycles. The molecule has 0 spiro atoms. The number of hydrogen-bond acceptors (Lipinski definition) is 10. The monoisotopic (exact) mass is 1020 g/mol. The summed E-state index contributed by atoms with van der Waals surface area (Å²) < 4.78 is 45.5. The van der Waals surface area contributed by atoms with Crippen LogP contribution in [0, 0.1) is 0 Å². The summed E-state index contributed by atoms with van der Waals surface area (Å²) in [4.78, 5) is 44.4. The van der Waals surface area contributed by atoms with E-state index in [9.17, 15) is 9.59 Å². The van der Waals surface area contributed by atoms with Crippen molar-refractivity contribution in [3.05, 3.63) is 145 Å². The third-order valence-corrected chi connectivity index (χ3v) is 20.5. The minimum absolute atomic E-state index is 0.0981. The first-order valence-corrected chi connectivity index (χ1v) is 32.0. The average molecular weight is 1020 g/mol. The quantitative estimate of drug-likeness (QED) is 0.0185. The smallest absolute Gasteiger partial charge is 0.338 e. The van der Waals surface area contributed by atoms with Gasteiger partial charge in [-0.25, -0.2) is 9.59 Å². The van der Waals surface area contributed by atoms with E-state index in [4.69, 9.17) is 32.8 Å². The van der Waals surface area contributed by atoms with Gasteiger partial charge in [0.25, 0.3) is 14.2 Å². The summed E-state index contributed by atoms with van der Waals surface area (Å²) in [5.41, 5.74) is -1.48. The van der Waals surface area contributed by atoms with Crippen LogP contribution < -0.4 is 15.7 Å². The van der Waals surface area contributed by atoms with Crippen LogP contribution in [0.2, 0.25) is 30.7 Å². The first-order chi connectivity index (χ1) is 34.6. The van der Waals surface area contributed by atoms with E-state index in [1.165, 1.54) is 19.3 Å². The van der Waals surface area contributed by atoms with Gasteiger partial charge in [-0.2, -0.15) is 0 Å². The maximum Gasteiger partial charge on any atom is 0.338 e. The van der Waals surface area contributed by atoms with E-state index in [1.807, 2.05) is 60.7 Å². The highest BCUT2D eigenvalue weighted by Crippen LogP contribution is 2.41. The van der Waals surface area contributed by atoms with Crippen LogP contribution in [0.25, 0.3) is 0 Å². The van der Waals surface area contributed by atoms with Gasteiger partial charge in [-0.15, -0.1) is 0 Å². The van der Waals surface area contributed by atoms with Crippen molar-refractivity contribution < 1.29 is 47.2 Å². The molecule has 4 aromatic rings. The molecule has 1 N–H and O–H groups in total. The summed E-state index contributed by atoms with van der Waals surface area (Å²) in [7, 11) is -4.82. The molecule has 0 aromatic heterocycles. The first kappa shape index (κ1) is 56.6. The number of ether oxygens (including phenoxy) is 6. The van der Waals surface area contributed by atoms with Gasteiger partial charge in [0.15, 0.2) is 18.0 Å². The number of rotatable bonds is 29. The summed E-state index contributed by atoms with van der Waals surface area (Å²) in [6.45, 7) is 16.8. The van der Waals surface area contributed by atoms with Crippen LogP contribution in [0.1, 0.15) is 119 Å². The summed E-state index contributed by atoms with van der Waals surface area (Å²) in [6, 6.07) is 38.3. The van der Waals surface area contributed by atoms with Gasteiger partial charge in [0, 0.05) is 33.1 Å². The van der Waals surface area contributed by atoms with E-state index >= 15 is 4.79 Å². The van der Waals surface area contributed by atoms with E-state index in [0.29, 0.717) is 25.4 Å². The third-order valence-electron chi connectivity index (χ3n) is 13.8. The van der Waals surface area contributed by atoms with Crippen molar-refractivity contribution in [3.8, 4) is 0 Å². The minimum atomic E-state index is -3.39. The Morgan fingerprint density at radius 2 is 1.29 bits per heavy atom. The Labute approximate surface area is 431 Å². The molecule has 2 aliphatic heterocycles. The largest absolute Gasteiger partial charge is 0.453 e. The van der Waals surface area contributed by atoms with Gasteiger partial charge in [0.05, 0.1) is 25.4 Å². The van der Waals surface area contributed by atoms with Crippen LogP contribution in [0.4, 0.5) is 0 Å². The van der Waals surface area contributed by atoms with Gasteiger partial charge in [-0.3, -0.25) is 4.79 Å². The average Bonchev–Trinajstić information content (AvgIpc) is 3.95. The van der Waals surface area contributed by atoms with E-state index in [1.54, 1.807) is 48.5 Å².